The van der Waals surface area contributed by atoms with Crippen molar-refractivity contribution in [1.29, 1.82) is 0 Å². The number of ether oxygens (including phenoxy) is 2. The van der Waals surface area contributed by atoms with E-state index in [9.17, 15) is 9.59 Å². The van der Waals surface area contributed by atoms with Crippen LogP contribution in [0.4, 0.5) is 0 Å². The fourth-order valence-electron chi connectivity index (χ4n) is 4.72. The third-order valence-electron chi connectivity index (χ3n) is 6.51. The van der Waals surface area contributed by atoms with Gasteiger partial charge in [0, 0.05) is 19.8 Å². The molecule has 0 saturated heterocycles. The fraction of sp³-hybridized carbons (Fsp3) is 0.917. The molecule has 3 atom stereocenters. The van der Waals surface area contributed by atoms with E-state index in [-0.39, 0.29) is 17.8 Å². The molecule has 1 amide bonds. The second-order valence-electron chi connectivity index (χ2n) is 10.3. The molecule has 0 radical (unpaired) electrons. The van der Waals surface area contributed by atoms with Gasteiger partial charge in [0.15, 0.2) is 0 Å². The van der Waals surface area contributed by atoms with E-state index < -0.39 is 11.0 Å². The molecule has 0 aromatic carbocycles. The number of unbranched alkanes of at least 4 members (excludes halogenated alkanes) is 2. The molecule has 0 bridgehead atoms. The van der Waals surface area contributed by atoms with E-state index >= 15 is 0 Å². The van der Waals surface area contributed by atoms with E-state index in [4.69, 9.17) is 9.47 Å². The highest BCUT2D eigenvalue weighted by Gasteiger charge is 2.47. The molecule has 168 valence electrons. The Balaban J connectivity index is 1.99. The van der Waals surface area contributed by atoms with Gasteiger partial charge in [0.05, 0.1) is 11.3 Å². The van der Waals surface area contributed by atoms with Gasteiger partial charge in [-0.3, -0.25) is 9.59 Å². The molecule has 5 heteroatoms. The minimum absolute atomic E-state index is 0.170. The minimum atomic E-state index is -0.521. The SMILES string of the molecule is CCCCCC1CC1NC(=O)C1(CC(CCOC)C(=O)OC(C)(C)C)CCCC1. The van der Waals surface area contributed by atoms with Crippen LogP contribution in [0.5, 0.6) is 0 Å². The average molecular weight is 410 g/mol. The summed E-state index contributed by atoms with van der Waals surface area (Å²) in [5.74, 6) is 0.332. The molecule has 0 aromatic rings. The van der Waals surface area contributed by atoms with Crippen LogP contribution in [0, 0.1) is 17.3 Å². The van der Waals surface area contributed by atoms with Crippen molar-refractivity contribution in [2.75, 3.05) is 13.7 Å². The van der Waals surface area contributed by atoms with Crippen LogP contribution in [-0.2, 0) is 19.1 Å². The molecule has 0 aliphatic heterocycles. The predicted octanol–water partition coefficient (Wildman–Crippen LogP) is 5.02. The van der Waals surface area contributed by atoms with Crippen LogP contribution in [0.3, 0.4) is 0 Å². The molecular weight excluding hydrogens is 366 g/mol. The molecule has 5 nitrogen and oxygen atoms in total. The van der Waals surface area contributed by atoms with Gasteiger partial charge in [0.2, 0.25) is 5.91 Å². The molecule has 0 heterocycles. The van der Waals surface area contributed by atoms with Gasteiger partial charge in [-0.1, -0.05) is 39.0 Å². The summed E-state index contributed by atoms with van der Waals surface area (Å²) >= 11 is 0. The summed E-state index contributed by atoms with van der Waals surface area (Å²) in [6.45, 7) is 8.40. The van der Waals surface area contributed by atoms with Crippen LogP contribution in [0.2, 0.25) is 0 Å². The predicted molar refractivity (Wildman–Crippen MR) is 116 cm³/mol. The summed E-state index contributed by atoms with van der Waals surface area (Å²) in [5, 5.41) is 3.34. The lowest BCUT2D eigenvalue weighted by molar-refractivity contribution is -0.162. The Bertz CT molecular complexity index is 533. The van der Waals surface area contributed by atoms with E-state index in [0.717, 1.165) is 32.1 Å². The first-order chi connectivity index (χ1) is 13.7. The first-order valence-corrected chi connectivity index (χ1v) is 11.7. The monoisotopic (exact) mass is 409 g/mol. The normalized spacial score (nSPS) is 24.2. The Morgan fingerprint density at radius 1 is 1.17 bits per heavy atom. The van der Waals surface area contributed by atoms with Crippen LogP contribution in [0.15, 0.2) is 0 Å². The van der Waals surface area contributed by atoms with Crippen LogP contribution >= 0.6 is 0 Å². The molecule has 29 heavy (non-hydrogen) atoms. The molecule has 2 rings (SSSR count). The smallest absolute Gasteiger partial charge is 0.309 e. The molecule has 1 N–H and O–H groups in total. The molecule has 2 fully saturated rings. The van der Waals surface area contributed by atoms with Gasteiger partial charge < -0.3 is 14.8 Å². The summed E-state index contributed by atoms with van der Waals surface area (Å²) < 4.78 is 10.9. The zero-order valence-electron chi connectivity index (χ0n) is 19.4. The molecule has 2 aliphatic carbocycles. The van der Waals surface area contributed by atoms with Crippen molar-refractivity contribution in [3.8, 4) is 0 Å². The van der Waals surface area contributed by atoms with Gasteiger partial charge in [-0.15, -0.1) is 0 Å². The zero-order valence-corrected chi connectivity index (χ0v) is 19.4. The third-order valence-corrected chi connectivity index (χ3v) is 6.51. The number of amides is 1. The van der Waals surface area contributed by atoms with Gasteiger partial charge in [-0.25, -0.2) is 0 Å². The minimum Gasteiger partial charge on any atom is -0.460 e. The van der Waals surface area contributed by atoms with Crippen LogP contribution in [0.25, 0.3) is 0 Å². The zero-order chi connectivity index (χ0) is 21.5. The van der Waals surface area contributed by atoms with E-state index in [1.807, 2.05) is 20.8 Å². The highest BCUT2D eigenvalue weighted by atomic mass is 16.6. The van der Waals surface area contributed by atoms with Crippen molar-refractivity contribution in [1.82, 2.24) is 5.32 Å². The Hall–Kier alpha value is -1.10. The lowest BCUT2D eigenvalue weighted by Gasteiger charge is -2.32. The number of carbonyl (C=O) groups is 2. The highest BCUT2D eigenvalue weighted by molar-refractivity contribution is 5.84. The molecule has 3 unspecified atom stereocenters. The second-order valence-corrected chi connectivity index (χ2v) is 10.3. The Kier molecular flexibility index (Phi) is 8.99. The average Bonchev–Trinajstić information content (AvgIpc) is 3.19. The second kappa shape index (κ2) is 10.8. The fourth-order valence-corrected chi connectivity index (χ4v) is 4.72. The van der Waals surface area contributed by atoms with Crippen LogP contribution in [-0.4, -0.2) is 37.2 Å². The maximum Gasteiger partial charge on any atom is 0.309 e. The number of hydrogen-bond acceptors (Lipinski definition) is 4. The third kappa shape index (κ3) is 7.58. The van der Waals surface area contributed by atoms with Gasteiger partial charge in [-0.05, 0) is 65.2 Å². The molecule has 2 aliphatic rings. The first-order valence-electron chi connectivity index (χ1n) is 11.7. The number of hydrogen-bond donors (Lipinski definition) is 1. The van der Waals surface area contributed by atoms with Gasteiger partial charge in [0.25, 0.3) is 0 Å². The number of rotatable bonds is 12. The topological polar surface area (TPSA) is 64.6 Å². The summed E-state index contributed by atoms with van der Waals surface area (Å²) in [4.78, 5) is 26.2. The van der Waals surface area contributed by atoms with Crippen molar-refractivity contribution < 1.29 is 19.1 Å². The van der Waals surface area contributed by atoms with Crippen molar-refractivity contribution in [3.63, 3.8) is 0 Å². The lowest BCUT2D eigenvalue weighted by Crippen LogP contribution is -2.43. The largest absolute Gasteiger partial charge is 0.460 e. The highest BCUT2D eigenvalue weighted by Crippen LogP contribution is 2.46. The van der Waals surface area contributed by atoms with E-state index in [1.165, 1.54) is 25.7 Å². The van der Waals surface area contributed by atoms with Crippen molar-refractivity contribution >= 4 is 11.9 Å². The van der Waals surface area contributed by atoms with Crippen molar-refractivity contribution in [3.05, 3.63) is 0 Å². The molecular formula is C24H43NO4. The Morgan fingerprint density at radius 3 is 2.45 bits per heavy atom. The van der Waals surface area contributed by atoms with Crippen molar-refractivity contribution in [2.45, 2.75) is 110 Å². The molecule has 0 aromatic heterocycles. The summed E-state index contributed by atoms with van der Waals surface area (Å²) in [7, 11) is 1.65. The summed E-state index contributed by atoms with van der Waals surface area (Å²) in [6, 6.07) is 0.343. The summed E-state index contributed by atoms with van der Waals surface area (Å²) in [5.41, 5.74) is -0.945. The van der Waals surface area contributed by atoms with Crippen molar-refractivity contribution in [2.24, 2.45) is 17.3 Å². The lowest BCUT2D eigenvalue weighted by atomic mass is 9.76. The quantitative estimate of drug-likeness (QED) is 0.363. The number of nitrogens with one attached hydrogen (secondary N) is 1. The van der Waals surface area contributed by atoms with Gasteiger partial charge >= 0.3 is 5.97 Å². The standard InChI is InChI=1S/C24H43NO4/c1-6-7-8-11-18-16-20(18)25-22(27)24(13-9-10-14-24)17-19(12-15-28-5)21(26)29-23(2,3)4/h18-20H,6-17H2,1-5H3,(H,25,27). The first kappa shape index (κ1) is 24.2. The van der Waals surface area contributed by atoms with E-state index in [0.29, 0.717) is 31.4 Å². The number of carbonyl (C=O) groups excluding carboxylic acids is 2. The van der Waals surface area contributed by atoms with Crippen LogP contribution < -0.4 is 5.32 Å². The maximum absolute atomic E-state index is 13.3. The number of methoxy groups -OCH3 is 1. The van der Waals surface area contributed by atoms with Gasteiger partial charge in [-0.2, -0.15) is 0 Å². The Labute approximate surface area is 177 Å². The molecule has 0 spiro atoms. The Morgan fingerprint density at radius 2 is 1.86 bits per heavy atom. The maximum atomic E-state index is 13.3. The van der Waals surface area contributed by atoms with E-state index in [1.54, 1.807) is 7.11 Å². The van der Waals surface area contributed by atoms with Crippen LogP contribution in [0.1, 0.15) is 98.3 Å². The van der Waals surface area contributed by atoms with Gasteiger partial charge in [0.1, 0.15) is 5.60 Å². The van der Waals surface area contributed by atoms with E-state index in [2.05, 4.69) is 12.2 Å². The summed E-state index contributed by atoms with van der Waals surface area (Å²) in [6.07, 6.45) is 11.1. The molecule has 2 saturated carbocycles. The number of esters is 1.